The molecule has 0 saturated heterocycles. The normalized spacial score (nSPS) is 14.3. The van der Waals surface area contributed by atoms with E-state index in [0.717, 1.165) is 0 Å². The molecule has 0 heterocycles. The van der Waals surface area contributed by atoms with Gasteiger partial charge in [0.05, 0.1) is 18.2 Å². The lowest BCUT2D eigenvalue weighted by atomic mass is 10.2. The van der Waals surface area contributed by atoms with Crippen LogP contribution in [0, 0.1) is 5.92 Å². The molecule has 1 aromatic rings. The Kier molecular flexibility index (Phi) is 3.97. The van der Waals surface area contributed by atoms with Crippen molar-refractivity contribution in [2.75, 3.05) is 13.2 Å². The fraction of sp³-hybridized carbons (Fsp3) is 0.462. The van der Waals surface area contributed by atoms with E-state index in [1.807, 2.05) is 6.92 Å². The Morgan fingerprint density at radius 3 is 2.72 bits per heavy atom. The average Bonchev–Trinajstić information content (AvgIpc) is 3.13. The molecule has 0 spiro atoms. The first kappa shape index (κ1) is 13.0. The van der Waals surface area contributed by atoms with E-state index in [1.54, 1.807) is 6.07 Å². The third kappa shape index (κ3) is 3.07. The molecular weight excluding hydrogens is 254 g/mol. The van der Waals surface area contributed by atoms with Gasteiger partial charge in [0.1, 0.15) is 0 Å². The number of ether oxygens (including phenoxy) is 2. The fourth-order valence-corrected chi connectivity index (χ4v) is 1.86. The quantitative estimate of drug-likeness (QED) is 0.863. The number of hydrogen-bond acceptors (Lipinski definition) is 3. The van der Waals surface area contributed by atoms with Crippen molar-refractivity contribution in [1.29, 1.82) is 0 Å². The number of nitrogens with two attached hydrogens (primary N) is 1. The van der Waals surface area contributed by atoms with Gasteiger partial charge >= 0.3 is 0 Å². The molecule has 2 N–H and O–H groups in total. The van der Waals surface area contributed by atoms with Crippen molar-refractivity contribution in [3.05, 3.63) is 22.7 Å². The van der Waals surface area contributed by atoms with Gasteiger partial charge in [0.15, 0.2) is 11.5 Å². The largest absolute Gasteiger partial charge is 0.489 e. The number of carbonyl (C=O) groups excluding carboxylic acids is 1. The molecule has 4 nitrogen and oxygen atoms in total. The second kappa shape index (κ2) is 5.48. The maximum Gasteiger partial charge on any atom is 0.248 e. The second-order valence-electron chi connectivity index (χ2n) is 4.34. The van der Waals surface area contributed by atoms with Crippen molar-refractivity contribution in [2.45, 2.75) is 19.8 Å². The molecule has 0 radical (unpaired) electrons. The lowest BCUT2D eigenvalue weighted by Gasteiger charge is -2.14. The highest BCUT2D eigenvalue weighted by Gasteiger charge is 2.23. The van der Waals surface area contributed by atoms with Crippen LogP contribution in [0.5, 0.6) is 11.5 Å². The van der Waals surface area contributed by atoms with E-state index in [9.17, 15) is 4.79 Å². The summed E-state index contributed by atoms with van der Waals surface area (Å²) < 4.78 is 11.1. The maximum atomic E-state index is 11.2. The van der Waals surface area contributed by atoms with Gasteiger partial charge in [-0.3, -0.25) is 4.79 Å². The highest BCUT2D eigenvalue weighted by molar-refractivity contribution is 6.32. The molecule has 1 aliphatic carbocycles. The van der Waals surface area contributed by atoms with E-state index in [1.165, 1.54) is 18.9 Å². The van der Waals surface area contributed by atoms with Crippen LogP contribution in [0.2, 0.25) is 5.02 Å². The highest BCUT2D eigenvalue weighted by Crippen LogP contribution is 2.38. The van der Waals surface area contributed by atoms with E-state index in [-0.39, 0.29) is 0 Å². The predicted molar refractivity (Wildman–Crippen MR) is 69.4 cm³/mol. The smallest absolute Gasteiger partial charge is 0.248 e. The van der Waals surface area contributed by atoms with Crippen molar-refractivity contribution >= 4 is 17.5 Å². The van der Waals surface area contributed by atoms with Gasteiger partial charge in [0, 0.05) is 5.56 Å². The first-order valence-corrected chi connectivity index (χ1v) is 6.38. The summed E-state index contributed by atoms with van der Waals surface area (Å²) in [4.78, 5) is 11.2. The van der Waals surface area contributed by atoms with Crippen LogP contribution in [0.1, 0.15) is 30.1 Å². The predicted octanol–water partition coefficient (Wildman–Crippen LogP) is 2.63. The molecule has 98 valence electrons. The molecule has 0 aliphatic heterocycles. The lowest BCUT2D eigenvalue weighted by molar-refractivity contribution is 0.0999. The minimum atomic E-state index is -0.531. The Bertz CT molecular complexity index is 458. The SMILES string of the molecule is CCOc1c(Cl)cc(C(N)=O)cc1OCC1CC1. The molecule has 0 bridgehead atoms. The summed E-state index contributed by atoms with van der Waals surface area (Å²) in [6.07, 6.45) is 2.38. The summed E-state index contributed by atoms with van der Waals surface area (Å²) >= 11 is 6.08. The van der Waals surface area contributed by atoms with Crippen molar-refractivity contribution in [3.8, 4) is 11.5 Å². The maximum absolute atomic E-state index is 11.2. The van der Waals surface area contributed by atoms with Crippen LogP contribution in [0.15, 0.2) is 12.1 Å². The molecule has 18 heavy (non-hydrogen) atoms. The zero-order valence-corrected chi connectivity index (χ0v) is 11.0. The highest BCUT2D eigenvalue weighted by atomic mass is 35.5. The first-order valence-electron chi connectivity index (χ1n) is 6.00. The standard InChI is InChI=1S/C13H16ClNO3/c1-2-17-12-10(14)5-9(13(15)16)6-11(12)18-7-8-3-4-8/h5-6,8H,2-4,7H2,1H3,(H2,15,16). The molecule has 5 heteroatoms. The van der Waals surface area contributed by atoms with E-state index >= 15 is 0 Å². The van der Waals surface area contributed by atoms with Gasteiger partial charge < -0.3 is 15.2 Å². The molecule has 1 fully saturated rings. The number of amides is 1. The van der Waals surface area contributed by atoms with Gasteiger partial charge in [-0.25, -0.2) is 0 Å². The van der Waals surface area contributed by atoms with E-state index < -0.39 is 5.91 Å². The van der Waals surface area contributed by atoms with Gasteiger partial charge in [-0.05, 0) is 37.8 Å². The summed E-state index contributed by atoms with van der Waals surface area (Å²) in [7, 11) is 0. The molecule has 0 atom stereocenters. The molecule has 1 saturated carbocycles. The van der Waals surface area contributed by atoms with Gasteiger partial charge in [-0.1, -0.05) is 11.6 Å². The Hall–Kier alpha value is -1.42. The minimum absolute atomic E-state index is 0.328. The first-order chi connectivity index (χ1) is 8.61. The summed E-state index contributed by atoms with van der Waals surface area (Å²) in [6.45, 7) is 2.97. The van der Waals surface area contributed by atoms with Crippen molar-refractivity contribution < 1.29 is 14.3 Å². The van der Waals surface area contributed by atoms with Crippen molar-refractivity contribution in [1.82, 2.24) is 0 Å². The van der Waals surface area contributed by atoms with Crippen LogP contribution in [-0.4, -0.2) is 19.1 Å². The molecule has 1 aliphatic rings. The molecule has 1 aromatic carbocycles. The second-order valence-corrected chi connectivity index (χ2v) is 4.74. The van der Waals surface area contributed by atoms with Crippen molar-refractivity contribution in [3.63, 3.8) is 0 Å². The van der Waals surface area contributed by atoms with Gasteiger partial charge in [-0.15, -0.1) is 0 Å². The van der Waals surface area contributed by atoms with Crippen LogP contribution in [-0.2, 0) is 0 Å². The lowest BCUT2D eigenvalue weighted by Crippen LogP contribution is -2.12. The number of benzene rings is 1. The third-order valence-electron chi connectivity index (χ3n) is 2.75. The van der Waals surface area contributed by atoms with Crippen molar-refractivity contribution in [2.24, 2.45) is 11.7 Å². The molecule has 1 amide bonds. The number of carbonyl (C=O) groups is 1. The van der Waals surface area contributed by atoms with E-state index in [0.29, 0.717) is 41.2 Å². The Morgan fingerprint density at radius 2 is 2.17 bits per heavy atom. The van der Waals surface area contributed by atoms with Gasteiger partial charge in [0.2, 0.25) is 5.91 Å². The Balaban J connectivity index is 2.26. The average molecular weight is 270 g/mol. The minimum Gasteiger partial charge on any atom is -0.489 e. The Labute approximate surface area is 111 Å². The molecular formula is C13H16ClNO3. The zero-order valence-electron chi connectivity index (χ0n) is 10.2. The monoisotopic (exact) mass is 269 g/mol. The summed E-state index contributed by atoms with van der Waals surface area (Å²) in [5.74, 6) is 1.04. The molecule has 0 aromatic heterocycles. The fourth-order valence-electron chi connectivity index (χ4n) is 1.59. The summed E-state index contributed by atoms with van der Waals surface area (Å²) in [6, 6.07) is 3.08. The van der Waals surface area contributed by atoms with Crippen LogP contribution < -0.4 is 15.2 Å². The van der Waals surface area contributed by atoms with Gasteiger partial charge in [0.25, 0.3) is 0 Å². The zero-order chi connectivity index (χ0) is 13.1. The third-order valence-corrected chi connectivity index (χ3v) is 3.03. The number of primary amides is 1. The molecule has 0 unspecified atom stereocenters. The van der Waals surface area contributed by atoms with Crippen LogP contribution in [0.4, 0.5) is 0 Å². The topological polar surface area (TPSA) is 61.5 Å². The summed E-state index contributed by atoms with van der Waals surface area (Å²) in [5, 5.41) is 0.346. The number of hydrogen-bond donors (Lipinski definition) is 1. The molecule has 2 rings (SSSR count). The van der Waals surface area contributed by atoms with Crippen LogP contribution in [0.25, 0.3) is 0 Å². The van der Waals surface area contributed by atoms with Crippen LogP contribution >= 0.6 is 11.6 Å². The Morgan fingerprint density at radius 1 is 1.44 bits per heavy atom. The summed E-state index contributed by atoms with van der Waals surface area (Å²) in [5.41, 5.74) is 5.58. The van der Waals surface area contributed by atoms with E-state index in [2.05, 4.69) is 0 Å². The van der Waals surface area contributed by atoms with E-state index in [4.69, 9.17) is 26.8 Å². The van der Waals surface area contributed by atoms with Crippen LogP contribution in [0.3, 0.4) is 0 Å². The van der Waals surface area contributed by atoms with Gasteiger partial charge in [-0.2, -0.15) is 0 Å². The number of rotatable bonds is 6. The number of halogens is 1.